The monoisotopic (exact) mass is 413 g/mol. The van der Waals surface area contributed by atoms with E-state index in [1.807, 2.05) is 41.1 Å². The van der Waals surface area contributed by atoms with Crippen LogP contribution in [0.15, 0.2) is 84.6 Å². The molecule has 0 aliphatic rings. The lowest BCUT2D eigenvalue weighted by Crippen LogP contribution is -2.14. The zero-order chi connectivity index (χ0) is 21.8. The molecule has 0 saturated heterocycles. The van der Waals surface area contributed by atoms with E-state index < -0.39 is 11.7 Å². The lowest BCUT2D eigenvalue weighted by atomic mass is 10.1. The number of amides is 1. The van der Waals surface area contributed by atoms with Gasteiger partial charge in [-0.15, -0.1) is 0 Å². The topological polar surface area (TPSA) is 57.8 Å². The van der Waals surface area contributed by atoms with Gasteiger partial charge in [0.1, 0.15) is 23.3 Å². The molecule has 4 nitrogen and oxygen atoms in total. The van der Waals surface area contributed by atoms with Crippen LogP contribution in [0, 0.1) is 23.0 Å². The van der Waals surface area contributed by atoms with Gasteiger partial charge >= 0.3 is 0 Å². The first-order chi connectivity index (χ1) is 15.0. The summed E-state index contributed by atoms with van der Waals surface area (Å²) in [5.41, 5.74) is 2.36. The fourth-order valence-electron chi connectivity index (χ4n) is 3.36. The van der Waals surface area contributed by atoms with Crippen LogP contribution < -0.4 is 5.32 Å². The van der Waals surface area contributed by atoms with Crippen LogP contribution in [0.1, 0.15) is 11.1 Å². The van der Waals surface area contributed by atoms with Crippen molar-refractivity contribution in [3.63, 3.8) is 0 Å². The number of fused-ring (bicyclic) bond motifs is 1. The van der Waals surface area contributed by atoms with Crippen LogP contribution in [0.5, 0.6) is 0 Å². The molecule has 6 heteroatoms. The smallest absolute Gasteiger partial charge is 0.266 e. The molecule has 0 atom stereocenters. The van der Waals surface area contributed by atoms with E-state index in [-0.39, 0.29) is 17.1 Å². The standard InChI is InChI=1S/C25H17F2N3O/c26-20-11-9-17(10-12-20)15-30-16-19(21-5-1-4-8-24(21)30)13-18(14-28)25(31)29-23-7-3-2-6-22(23)27/h1-13,16H,15H2,(H,29,31)/b18-13+. The zero-order valence-electron chi connectivity index (χ0n) is 16.3. The number of aromatic nitrogens is 1. The summed E-state index contributed by atoms with van der Waals surface area (Å²) in [5, 5.41) is 12.8. The maximum atomic E-state index is 13.8. The molecule has 1 heterocycles. The Kier molecular flexibility index (Phi) is 5.59. The van der Waals surface area contributed by atoms with Crippen molar-refractivity contribution in [1.82, 2.24) is 4.57 Å². The van der Waals surface area contributed by atoms with Gasteiger partial charge in [0, 0.05) is 29.2 Å². The number of nitrogens with zero attached hydrogens (tertiary/aromatic N) is 2. The highest BCUT2D eigenvalue weighted by atomic mass is 19.1. The molecule has 4 rings (SSSR count). The Balaban J connectivity index is 1.68. The highest BCUT2D eigenvalue weighted by Crippen LogP contribution is 2.25. The molecule has 1 N–H and O–H groups in total. The van der Waals surface area contributed by atoms with Crippen molar-refractivity contribution in [3.05, 3.63) is 107 Å². The molecule has 0 fully saturated rings. The van der Waals surface area contributed by atoms with Crippen molar-refractivity contribution >= 4 is 28.6 Å². The third-order valence-corrected chi connectivity index (χ3v) is 4.87. The molecule has 31 heavy (non-hydrogen) atoms. The summed E-state index contributed by atoms with van der Waals surface area (Å²) in [7, 11) is 0. The Morgan fingerprint density at radius 2 is 1.71 bits per heavy atom. The molecular weight excluding hydrogens is 396 g/mol. The average molecular weight is 413 g/mol. The number of carbonyl (C=O) groups excluding carboxylic acids is 1. The van der Waals surface area contributed by atoms with Crippen LogP contribution in [0.4, 0.5) is 14.5 Å². The second-order valence-electron chi connectivity index (χ2n) is 6.96. The van der Waals surface area contributed by atoms with E-state index in [2.05, 4.69) is 5.32 Å². The molecule has 0 aliphatic carbocycles. The number of carbonyl (C=O) groups is 1. The molecule has 0 saturated carbocycles. The highest BCUT2D eigenvalue weighted by Gasteiger charge is 2.14. The van der Waals surface area contributed by atoms with Crippen LogP contribution in [0.2, 0.25) is 0 Å². The lowest BCUT2D eigenvalue weighted by Gasteiger charge is -2.05. The van der Waals surface area contributed by atoms with Gasteiger partial charge in [0.05, 0.1) is 5.69 Å². The van der Waals surface area contributed by atoms with E-state index >= 15 is 0 Å². The normalized spacial score (nSPS) is 11.3. The Bertz CT molecular complexity index is 1330. The van der Waals surface area contributed by atoms with E-state index in [0.717, 1.165) is 16.5 Å². The van der Waals surface area contributed by atoms with Gasteiger partial charge in [-0.25, -0.2) is 8.78 Å². The minimum atomic E-state index is -0.692. The van der Waals surface area contributed by atoms with Gasteiger partial charge in [0.2, 0.25) is 0 Å². The fourth-order valence-corrected chi connectivity index (χ4v) is 3.36. The molecular formula is C25H17F2N3O. The van der Waals surface area contributed by atoms with Crippen molar-refractivity contribution in [3.8, 4) is 6.07 Å². The Morgan fingerprint density at radius 1 is 1.00 bits per heavy atom. The molecule has 0 unspecified atom stereocenters. The predicted octanol–water partition coefficient (Wildman–Crippen LogP) is 5.51. The number of hydrogen-bond donors (Lipinski definition) is 1. The van der Waals surface area contributed by atoms with Crippen LogP contribution >= 0.6 is 0 Å². The maximum absolute atomic E-state index is 13.8. The first-order valence-electron chi connectivity index (χ1n) is 9.55. The zero-order valence-corrected chi connectivity index (χ0v) is 16.3. The molecule has 1 amide bonds. The van der Waals surface area contributed by atoms with Crippen LogP contribution in [0.25, 0.3) is 17.0 Å². The number of nitrogens with one attached hydrogen (secondary N) is 1. The van der Waals surface area contributed by atoms with Crippen molar-refractivity contribution in [2.75, 3.05) is 5.32 Å². The summed E-state index contributed by atoms with van der Waals surface area (Å²) in [6, 6.07) is 21.5. The number of nitriles is 1. The van der Waals surface area contributed by atoms with Crippen molar-refractivity contribution in [2.24, 2.45) is 0 Å². The van der Waals surface area contributed by atoms with E-state index in [1.54, 1.807) is 18.2 Å². The van der Waals surface area contributed by atoms with Gasteiger partial charge in [-0.05, 0) is 42.0 Å². The quantitative estimate of drug-likeness (QED) is 0.346. The first-order valence-corrected chi connectivity index (χ1v) is 9.55. The summed E-state index contributed by atoms with van der Waals surface area (Å²) in [4.78, 5) is 12.6. The number of halogens is 2. The third-order valence-electron chi connectivity index (χ3n) is 4.87. The molecule has 0 radical (unpaired) electrons. The second-order valence-corrected chi connectivity index (χ2v) is 6.96. The Morgan fingerprint density at radius 3 is 2.45 bits per heavy atom. The number of rotatable bonds is 5. The Hall–Kier alpha value is -4.24. The number of hydrogen-bond acceptors (Lipinski definition) is 2. The SMILES string of the molecule is N#C/C(=C\c1cn(Cc2ccc(F)cc2)c2ccccc12)C(=O)Nc1ccccc1F. The van der Waals surface area contributed by atoms with Crippen molar-refractivity contribution in [1.29, 1.82) is 5.26 Å². The van der Waals surface area contributed by atoms with Crippen molar-refractivity contribution < 1.29 is 13.6 Å². The lowest BCUT2D eigenvalue weighted by molar-refractivity contribution is -0.112. The molecule has 1 aromatic heterocycles. The second kappa shape index (κ2) is 8.64. The van der Waals surface area contributed by atoms with E-state index in [4.69, 9.17) is 0 Å². The molecule has 3 aromatic carbocycles. The van der Waals surface area contributed by atoms with Gasteiger partial charge in [0.25, 0.3) is 5.91 Å². The Labute approximate surface area is 177 Å². The van der Waals surface area contributed by atoms with Crippen LogP contribution in [0.3, 0.4) is 0 Å². The van der Waals surface area contributed by atoms with Gasteiger partial charge in [0.15, 0.2) is 0 Å². The first kappa shape index (κ1) is 20.0. The predicted molar refractivity (Wildman–Crippen MR) is 116 cm³/mol. The summed E-state index contributed by atoms with van der Waals surface area (Å²) in [5.74, 6) is -1.57. The molecule has 0 bridgehead atoms. The highest BCUT2D eigenvalue weighted by molar-refractivity contribution is 6.10. The summed E-state index contributed by atoms with van der Waals surface area (Å²) >= 11 is 0. The fraction of sp³-hybridized carbons (Fsp3) is 0.0400. The molecule has 0 spiro atoms. The molecule has 4 aromatic rings. The number of anilines is 1. The van der Waals surface area contributed by atoms with Gasteiger partial charge in [-0.3, -0.25) is 4.79 Å². The largest absolute Gasteiger partial charge is 0.342 e. The van der Waals surface area contributed by atoms with Crippen LogP contribution in [-0.2, 0) is 11.3 Å². The minimum Gasteiger partial charge on any atom is -0.342 e. The molecule has 152 valence electrons. The minimum absolute atomic E-state index is 0.00684. The average Bonchev–Trinajstić information content (AvgIpc) is 3.12. The summed E-state index contributed by atoms with van der Waals surface area (Å²) < 4.78 is 29.0. The molecule has 0 aliphatic heterocycles. The third kappa shape index (κ3) is 4.36. The van der Waals surface area contributed by atoms with E-state index in [1.165, 1.54) is 36.4 Å². The summed E-state index contributed by atoms with van der Waals surface area (Å²) in [6.45, 7) is 0.498. The van der Waals surface area contributed by atoms with Gasteiger partial charge < -0.3 is 9.88 Å². The summed E-state index contributed by atoms with van der Waals surface area (Å²) in [6.07, 6.45) is 3.32. The van der Waals surface area contributed by atoms with Gasteiger partial charge in [-0.2, -0.15) is 5.26 Å². The number of benzene rings is 3. The van der Waals surface area contributed by atoms with E-state index in [9.17, 15) is 18.8 Å². The van der Waals surface area contributed by atoms with Gasteiger partial charge in [-0.1, -0.05) is 42.5 Å². The maximum Gasteiger partial charge on any atom is 0.266 e. The van der Waals surface area contributed by atoms with Crippen molar-refractivity contribution in [2.45, 2.75) is 6.54 Å². The van der Waals surface area contributed by atoms with E-state index in [0.29, 0.717) is 12.1 Å². The number of para-hydroxylation sites is 2. The van der Waals surface area contributed by atoms with Crippen LogP contribution in [-0.4, -0.2) is 10.5 Å².